The van der Waals surface area contributed by atoms with Crippen molar-refractivity contribution in [2.45, 2.75) is 38.8 Å². The Morgan fingerprint density at radius 2 is 2.50 bits per heavy atom. The van der Waals surface area contributed by atoms with Gasteiger partial charge in [0, 0.05) is 6.61 Å². The van der Waals surface area contributed by atoms with E-state index in [0.29, 0.717) is 0 Å². The lowest BCUT2D eigenvalue weighted by Gasteiger charge is -2.19. The molecule has 1 saturated heterocycles. The zero-order valence-corrected chi connectivity index (χ0v) is 10.5. The van der Waals surface area contributed by atoms with Crippen LogP contribution in [0, 0.1) is 6.92 Å². The maximum atomic E-state index is 11.9. The first-order chi connectivity index (χ1) is 7.68. The lowest BCUT2D eigenvalue weighted by molar-refractivity contribution is 0.0714. The van der Waals surface area contributed by atoms with Gasteiger partial charge in [-0.05, 0) is 43.7 Å². The fourth-order valence-corrected chi connectivity index (χ4v) is 2.80. The molecular formula is C12H17NO2S. The average Bonchev–Trinajstić information content (AvgIpc) is 2.86. The van der Waals surface area contributed by atoms with E-state index in [9.17, 15) is 4.79 Å². The predicted octanol–water partition coefficient (Wildman–Crippen LogP) is 2.35. The molecule has 2 atom stereocenters. The zero-order chi connectivity index (χ0) is 11.5. The number of ether oxygens (including phenoxy) is 1. The molecule has 2 heterocycles. The van der Waals surface area contributed by atoms with Crippen molar-refractivity contribution in [3.8, 4) is 0 Å². The molecule has 0 aliphatic carbocycles. The highest BCUT2D eigenvalue weighted by Gasteiger charge is 2.24. The van der Waals surface area contributed by atoms with E-state index in [-0.39, 0.29) is 18.1 Å². The molecule has 0 saturated carbocycles. The van der Waals surface area contributed by atoms with Crippen LogP contribution in [0.5, 0.6) is 0 Å². The molecular weight excluding hydrogens is 222 g/mol. The van der Waals surface area contributed by atoms with Crippen LogP contribution in [-0.4, -0.2) is 24.7 Å². The van der Waals surface area contributed by atoms with E-state index < -0.39 is 0 Å². The second kappa shape index (κ2) is 4.97. The Bertz CT molecular complexity index is 369. The summed E-state index contributed by atoms with van der Waals surface area (Å²) in [5.41, 5.74) is 1.04. The summed E-state index contributed by atoms with van der Waals surface area (Å²) in [5.74, 6) is 0.0236. The van der Waals surface area contributed by atoms with E-state index in [4.69, 9.17) is 4.74 Å². The van der Waals surface area contributed by atoms with Gasteiger partial charge in [-0.25, -0.2) is 0 Å². The second-order valence-corrected chi connectivity index (χ2v) is 5.16. The SMILES string of the molecule is Cc1ccsc1C(=O)NC(C)C1CCCO1. The molecule has 1 aliphatic heterocycles. The number of aryl methyl sites for hydroxylation is 1. The maximum Gasteiger partial charge on any atom is 0.261 e. The van der Waals surface area contributed by atoms with E-state index in [0.717, 1.165) is 29.9 Å². The zero-order valence-electron chi connectivity index (χ0n) is 9.66. The number of hydrogen-bond donors (Lipinski definition) is 1. The summed E-state index contributed by atoms with van der Waals surface area (Å²) in [4.78, 5) is 12.7. The molecule has 1 fully saturated rings. The van der Waals surface area contributed by atoms with Crippen molar-refractivity contribution < 1.29 is 9.53 Å². The predicted molar refractivity (Wildman–Crippen MR) is 65.0 cm³/mol. The summed E-state index contributed by atoms with van der Waals surface area (Å²) in [7, 11) is 0. The van der Waals surface area contributed by atoms with Gasteiger partial charge in [0.05, 0.1) is 17.0 Å². The topological polar surface area (TPSA) is 38.3 Å². The second-order valence-electron chi connectivity index (χ2n) is 4.25. The van der Waals surface area contributed by atoms with Gasteiger partial charge in [-0.3, -0.25) is 4.79 Å². The van der Waals surface area contributed by atoms with Crippen LogP contribution in [0.15, 0.2) is 11.4 Å². The minimum atomic E-state index is 0.0236. The highest BCUT2D eigenvalue weighted by Crippen LogP contribution is 2.18. The van der Waals surface area contributed by atoms with Gasteiger partial charge in [-0.2, -0.15) is 0 Å². The first-order valence-corrected chi connectivity index (χ1v) is 6.53. The summed E-state index contributed by atoms with van der Waals surface area (Å²) < 4.78 is 5.55. The van der Waals surface area contributed by atoms with Crippen molar-refractivity contribution >= 4 is 17.2 Å². The Kier molecular flexibility index (Phi) is 3.61. The van der Waals surface area contributed by atoms with Gasteiger partial charge in [0.15, 0.2) is 0 Å². The number of carbonyl (C=O) groups is 1. The Hall–Kier alpha value is -0.870. The number of nitrogens with one attached hydrogen (secondary N) is 1. The van der Waals surface area contributed by atoms with Crippen LogP contribution in [0.25, 0.3) is 0 Å². The summed E-state index contributed by atoms with van der Waals surface area (Å²) >= 11 is 1.49. The Morgan fingerprint density at radius 3 is 3.06 bits per heavy atom. The molecule has 0 aromatic carbocycles. The molecule has 0 spiro atoms. The first-order valence-electron chi connectivity index (χ1n) is 5.65. The first kappa shape index (κ1) is 11.6. The lowest BCUT2D eigenvalue weighted by Crippen LogP contribution is -2.40. The van der Waals surface area contributed by atoms with Crippen molar-refractivity contribution in [2.24, 2.45) is 0 Å². The Balaban J connectivity index is 1.94. The third kappa shape index (κ3) is 2.44. The molecule has 0 radical (unpaired) electrons. The molecule has 1 aromatic heterocycles. The van der Waals surface area contributed by atoms with E-state index in [1.807, 2.05) is 25.3 Å². The standard InChI is InChI=1S/C12H17NO2S/c1-8-5-7-16-11(8)12(14)13-9(2)10-4-3-6-15-10/h5,7,9-10H,3-4,6H2,1-2H3,(H,13,14). The molecule has 2 rings (SSSR count). The van der Waals surface area contributed by atoms with Crippen LogP contribution < -0.4 is 5.32 Å². The van der Waals surface area contributed by atoms with Crippen molar-refractivity contribution in [1.82, 2.24) is 5.32 Å². The van der Waals surface area contributed by atoms with Gasteiger partial charge < -0.3 is 10.1 Å². The molecule has 4 heteroatoms. The molecule has 3 nitrogen and oxygen atoms in total. The van der Waals surface area contributed by atoms with Gasteiger partial charge >= 0.3 is 0 Å². The van der Waals surface area contributed by atoms with Crippen LogP contribution in [0.3, 0.4) is 0 Å². The van der Waals surface area contributed by atoms with E-state index in [1.165, 1.54) is 11.3 Å². The van der Waals surface area contributed by atoms with Gasteiger partial charge in [-0.1, -0.05) is 0 Å². The van der Waals surface area contributed by atoms with Crippen LogP contribution >= 0.6 is 11.3 Å². The molecule has 1 aromatic rings. The molecule has 1 N–H and O–H groups in total. The highest BCUT2D eigenvalue weighted by molar-refractivity contribution is 7.12. The number of rotatable bonds is 3. The van der Waals surface area contributed by atoms with Crippen LogP contribution in [0.4, 0.5) is 0 Å². The Labute approximate surface area is 99.8 Å². The van der Waals surface area contributed by atoms with Gasteiger partial charge in [0.1, 0.15) is 0 Å². The van der Waals surface area contributed by atoms with Crippen molar-refractivity contribution in [3.05, 3.63) is 21.9 Å². The number of thiophene rings is 1. The van der Waals surface area contributed by atoms with Crippen LogP contribution in [0.1, 0.15) is 35.0 Å². The smallest absolute Gasteiger partial charge is 0.261 e. The number of carbonyl (C=O) groups excluding carboxylic acids is 1. The molecule has 16 heavy (non-hydrogen) atoms. The average molecular weight is 239 g/mol. The van der Waals surface area contributed by atoms with E-state index in [1.54, 1.807) is 0 Å². The van der Waals surface area contributed by atoms with Gasteiger partial charge in [0.2, 0.25) is 0 Å². The minimum absolute atomic E-state index is 0.0236. The fourth-order valence-electron chi connectivity index (χ4n) is 1.97. The minimum Gasteiger partial charge on any atom is -0.376 e. The molecule has 1 aliphatic rings. The fraction of sp³-hybridized carbons (Fsp3) is 0.583. The molecule has 2 unspecified atom stereocenters. The highest BCUT2D eigenvalue weighted by atomic mass is 32.1. The van der Waals surface area contributed by atoms with Crippen molar-refractivity contribution in [3.63, 3.8) is 0 Å². The quantitative estimate of drug-likeness (QED) is 0.879. The van der Waals surface area contributed by atoms with Crippen LogP contribution in [0.2, 0.25) is 0 Å². The normalized spacial score (nSPS) is 22.0. The molecule has 88 valence electrons. The molecule has 0 bridgehead atoms. The largest absolute Gasteiger partial charge is 0.376 e. The molecule has 1 amide bonds. The monoisotopic (exact) mass is 239 g/mol. The third-order valence-electron chi connectivity index (χ3n) is 2.95. The number of amides is 1. The van der Waals surface area contributed by atoms with Crippen molar-refractivity contribution in [1.29, 1.82) is 0 Å². The maximum absolute atomic E-state index is 11.9. The van der Waals surface area contributed by atoms with Crippen molar-refractivity contribution in [2.75, 3.05) is 6.61 Å². The number of hydrogen-bond acceptors (Lipinski definition) is 3. The lowest BCUT2D eigenvalue weighted by atomic mass is 10.1. The summed E-state index contributed by atoms with van der Waals surface area (Å²) in [6.45, 7) is 4.79. The third-order valence-corrected chi connectivity index (χ3v) is 3.96. The summed E-state index contributed by atoms with van der Waals surface area (Å²) in [6.07, 6.45) is 2.33. The Morgan fingerprint density at radius 1 is 1.69 bits per heavy atom. The van der Waals surface area contributed by atoms with Gasteiger partial charge in [-0.15, -0.1) is 11.3 Å². The van der Waals surface area contributed by atoms with E-state index in [2.05, 4.69) is 5.32 Å². The van der Waals surface area contributed by atoms with Crippen LogP contribution in [-0.2, 0) is 4.74 Å². The summed E-state index contributed by atoms with van der Waals surface area (Å²) in [6, 6.07) is 2.06. The van der Waals surface area contributed by atoms with E-state index >= 15 is 0 Å². The summed E-state index contributed by atoms with van der Waals surface area (Å²) in [5, 5.41) is 4.96. The van der Waals surface area contributed by atoms with Gasteiger partial charge in [0.25, 0.3) is 5.91 Å².